The van der Waals surface area contributed by atoms with E-state index in [1.54, 1.807) is 11.7 Å². The molecule has 3 heterocycles. The summed E-state index contributed by atoms with van der Waals surface area (Å²) in [5.74, 6) is 1.16. The van der Waals surface area contributed by atoms with Crippen LogP contribution in [0.4, 0.5) is 0 Å². The van der Waals surface area contributed by atoms with E-state index in [0.29, 0.717) is 18.3 Å². The number of hydrogen-bond donors (Lipinski definition) is 1. The minimum Gasteiger partial charge on any atom is -0.378 e. The Labute approximate surface area is 95.7 Å². The zero-order chi connectivity index (χ0) is 10.8. The van der Waals surface area contributed by atoms with Crippen molar-refractivity contribution in [3.05, 3.63) is 17.5 Å². The summed E-state index contributed by atoms with van der Waals surface area (Å²) in [4.78, 5) is 9.18. The Morgan fingerprint density at radius 1 is 1.50 bits per heavy atom. The lowest BCUT2D eigenvalue weighted by molar-refractivity contribution is 0.0734. The van der Waals surface area contributed by atoms with Crippen LogP contribution in [0, 0.1) is 0 Å². The minimum atomic E-state index is 0.0270. The van der Waals surface area contributed by atoms with Gasteiger partial charge in [-0.25, -0.2) is 0 Å². The van der Waals surface area contributed by atoms with Crippen LogP contribution in [0.15, 0.2) is 16.2 Å². The van der Waals surface area contributed by atoms with Gasteiger partial charge in [-0.2, -0.15) is 4.98 Å². The molecule has 1 aliphatic rings. The maximum absolute atomic E-state index is 5.34. The fraction of sp³-hybridized carbons (Fsp3) is 0.444. The maximum atomic E-state index is 5.34. The Hall–Kier alpha value is -1.31. The van der Waals surface area contributed by atoms with Gasteiger partial charge in [-0.1, -0.05) is 5.16 Å². The molecular formula is C9H10N4O2S. The molecule has 0 saturated carbocycles. The summed E-state index contributed by atoms with van der Waals surface area (Å²) in [6.45, 7) is 2.13. The van der Waals surface area contributed by atoms with Gasteiger partial charge in [0.1, 0.15) is 4.88 Å². The molecule has 0 spiro atoms. The highest BCUT2D eigenvalue weighted by Gasteiger charge is 2.21. The third-order valence-electron chi connectivity index (χ3n) is 2.32. The highest BCUT2D eigenvalue weighted by Crippen LogP contribution is 2.22. The monoisotopic (exact) mass is 238 g/mol. The van der Waals surface area contributed by atoms with E-state index >= 15 is 0 Å². The van der Waals surface area contributed by atoms with Crippen LogP contribution in [0.2, 0.25) is 0 Å². The second-order valence-corrected chi connectivity index (χ2v) is 4.29. The number of ether oxygens (including phenoxy) is 1. The first-order valence-corrected chi connectivity index (χ1v) is 5.85. The molecular weight excluding hydrogens is 228 g/mol. The van der Waals surface area contributed by atoms with Gasteiger partial charge in [0.15, 0.2) is 5.82 Å². The second kappa shape index (κ2) is 4.28. The SMILES string of the molecule is c1ncc(-c2nc(C3COCCN3)no2)s1. The maximum Gasteiger partial charge on any atom is 0.269 e. The van der Waals surface area contributed by atoms with Crippen LogP contribution in [0.1, 0.15) is 11.9 Å². The Morgan fingerprint density at radius 2 is 2.50 bits per heavy atom. The Bertz CT molecular complexity index is 450. The summed E-state index contributed by atoms with van der Waals surface area (Å²) in [5.41, 5.74) is 1.74. The lowest BCUT2D eigenvalue weighted by Crippen LogP contribution is -2.35. The normalized spacial score (nSPS) is 21.1. The zero-order valence-electron chi connectivity index (χ0n) is 8.42. The first kappa shape index (κ1) is 9.88. The molecule has 0 aromatic carbocycles. The van der Waals surface area contributed by atoms with Crippen molar-refractivity contribution in [1.82, 2.24) is 20.4 Å². The molecule has 1 unspecified atom stereocenters. The number of hydrogen-bond acceptors (Lipinski definition) is 7. The highest BCUT2D eigenvalue weighted by atomic mass is 32.1. The van der Waals surface area contributed by atoms with Crippen LogP contribution in [-0.4, -0.2) is 34.9 Å². The summed E-state index contributed by atoms with van der Waals surface area (Å²) in [6, 6.07) is 0.0270. The van der Waals surface area contributed by atoms with E-state index in [9.17, 15) is 0 Å². The van der Waals surface area contributed by atoms with Crippen LogP contribution in [-0.2, 0) is 4.74 Å². The third kappa shape index (κ3) is 1.84. The number of thiazole rings is 1. The fourth-order valence-electron chi connectivity index (χ4n) is 1.53. The van der Waals surface area contributed by atoms with E-state index in [-0.39, 0.29) is 6.04 Å². The zero-order valence-corrected chi connectivity index (χ0v) is 9.24. The van der Waals surface area contributed by atoms with Crippen molar-refractivity contribution in [2.45, 2.75) is 6.04 Å². The third-order valence-corrected chi connectivity index (χ3v) is 3.08. The van der Waals surface area contributed by atoms with E-state index in [0.717, 1.165) is 18.0 Å². The van der Waals surface area contributed by atoms with Crippen molar-refractivity contribution in [3.63, 3.8) is 0 Å². The van der Waals surface area contributed by atoms with Crippen molar-refractivity contribution in [1.29, 1.82) is 0 Å². The minimum absolute atomic E-state index is 0.0270. The van der Waals surface area contributed by atoms with Gasteiger partial charge in [0.05, 0.1) is 31.0 Å². The molecule has 1 saturated heterocycles. The fourth-order valence-corrected chi connectivity index (χ4v) is 2.07. The molecule has 1 fully saturated rings. The molecule has 0 amide bonds. The molecule has 84 valence electrons. The topological polar surface area (TPSA) is 73.1 Å². The number of morpholine rings is 1. The number of nitrogens with one attached hydrogen (secondary N) is 1. The van der Waals surface area contributed by atoms with E-state index in [1.807, 2.05) is 0 Å². The van der Waals surface area contributed by atoms with Gasteiger partial charge in [-0.05, 0) is 0 Å². The van der Waals surface area contributed by atoms with Crippen molar-refractivity contribution < 1.29 is 9.26 Å². The molecule has 0 radical (unpaired) electrons. The summed E-state index contributed by atoms with van der Waals surface area (Å²) in [7, 11) is 0. The molecule has 7 heteroatoms. The molecule has 6 nitrogen and oxygen atoms in total. The van der Waals surface area contributed by atoms with E-state index in [2.05, 4.69) is 20.4 Å². The summed E-state index contributed by atoms with van der Waals surface area (Å²) in [5, 5.41) is 7.22. The van der Waals surface area contributed by atoms with Crippen molar-refractivity contribution in [3.8, 4) is 10.8 Å². The Balaban J connectivity index is 1.82. The first-order chi connectivity index (χ1) is 7.93. The smallest absolute Gasteiger partial charge is 0.269 e. The van der Waals surface area contributed by atoms with Gasteiger partial charge in [0, 0.05) is 6.54 Å². The van der Waals surface area contributed by atoms with Gasteiger partial charge in [0.2, 0.25) is 0 Å². The van der Waals surface area contributed by atoms with E-state index < -0.39 is 0 Å². The summed E-state index contributed by atoms with van der Waals surface area (Å²) < 4.78 is 10.5. The van der Waals surface area contributed by atoms with Crippen LogP contribution in [0.5, 0.6) is 0 Å². The van der Waals surface area contributed by atoms with Crippen molar-refractivity contribution >= 4 is 11.3 Å². The standard InChI is InChI=1S/C9H10N4O2S/c1-2-14-4-6(11-1)8-12-9(15-13-8)7-3-10-5-16-7/h3,5-6,11H,1-2,4H2. The lowest BCUT2D eigenvalue weighted by Gasteiger charge is -2.20. The highest BCUT2D eigenvalue weighted by molar-refractivity contribution is 7.13. The van der Waals surface area contributed by atoms with E-state index in [4.69, 9.17) is 9.26 Å². The van der Waals surface area contributed by atoms with Crippen LogP contribution in [0.25, 0.3) is 10.8 Å². The largest absolute Gasteiger partial charge is 0.378 e. The van der Waals surface area contributed by atoms with Crippen LogP contribution >= 0.6 is 11.3 Å². The average molecular weight is 238 g/mol. The van der Waals surface area contributed by atoms with Gasteiger partial charge in [0.25, 0.3) is 5.89 Å². The summed E-state index contributed by atoms with van der Waals surface area (Å²) >= 11 is 1.48. The van der Waals surface area contributed by atoms with Gasteiger partial charge in [-0.15, -0.1) is 11.3 Å². The lowest BCUT2D eigenvalue weighted by atomic mass is 10.2. The molecule has 2 aromatic rings. The molecule has 2 aromatic heterocycles. The predicted octanol–water partition coefficient (Wildman–Crippen LogP) is 0.854. The Morgan fingerprint density at radius 3 is 3.25 bits per heavy atom. The molecule has 0 aliphatic carbocycles. The molecule has 1 N–H and O–H groups in total. The molecule has 16 heavy (non-hydrogen) atoms. The van der Waals surface area contributed by atoms with Crippen molar-refractivity contribution in [2.24, 2.45) is 0 Å². The van der Waals surface area contributed by atoms with Crippen molar-refractivity contribution in [2.75, 3.05) is 19.8 Å². The number of aromatic nitrogens is 3. The van der Waals surface area contributed by atoms with Gasteiger partial charge >= 0.3 is 0 Å². The van der Waals surface area contributed by atoms with Crippen LogP contribution < -0.4 is 5.32 Å². The molecule has 1 atom stereocenters. The quantitative estimate of drug-likeness (QED) is 0.836. The molecule has 0 bridgehead atoms. The van der Waals surface area contributed by atoms with Gasteiger partial charge < -0.3 is 14.6 Å². The summed E-state index contributed by atoms with van der Waals surface area (Å²) in [6.07, 6.45) is 1.72. The molecule has 3 rings (SSSR count). The van der Waals surface area contributed by atoms with E-state index in [1.165, 1.54) is 11.3 Å². The molecule has 1 aliphatic heterocycles. The first-order valence-electron chi connectivity index (χ1n) is 4.97. The number of nitrogens with zero attached hydrogens (tertiary/aromatic N) is 3. The van der Waals surface area contributed by atoms with Crippen LogP contribution in [0.3, 0.4) is 0 Å². The number of rotatable bonds is 2. The average Bonchev–Trinajstić information content (AvgIpc) is 3.01. The predicted molar refractivity (Wildman–Crippen MR) is 57.0 cm³/mol. The second-order valence-electron chi connectivity index (χ2n) is 3.41. The van der Waals surface area contributed by atoms with Gasteiger partial charge in [-0.3, -0.25) is 4.98 Å². The Kier molecular flexibility index (Phi) is 2.65.